The Labute approximate surface area is 157 Å². The van der Waals surface area contributed by atoms with Crippen LogP contribution >= 0.6 is 0 Å². The van der Waals surface area contributed by atoms with Crippen LogP contribution < -0.4 is 15.4 Å². The van der Waals surface area contributed by atoms with Crippen molar-refractivity contribution in [2.24, 2.45) is 4.99 Å². The topological polar surface area (TPSA) is 83.0 Å². The van der Waals surface area contributed by atoms with Crippen molar-refractivity contribution in [1.82, 2.24) is 14.9 Å². The number of nitrogens with one attached hydrogen (secondary N) is 2. The van der Waals surface area contributed by atoms with Gasteiger partial charge in [-0.1, -0.05) is 24.6 Å². The number of hydrogen-bond donors (Lipinski definition) is 2. The Hall–Kier alpha value is -1.80. The van der Waals surface area contributed by atoms with E-state index in [0.29, 0.717) is 45.2 Å². The zero-order chi connectivity index (χ0) is 19.4. The fraction of sp³-hybridized carbons (Fsp3) is 0.611. The van der Waals surface area contributed by atoms with Gasteiger partial charge in [-0.25, -0.2) is 12.7 Å². The zero-order valence-corrected chi connectivity index (χ0v) is 17.1. The van der Waals surface area contributed by atoms with Crippen LogP contribution in [0.1, 0.15) is 25.8 Å². The van der Waals surface area contributed by atoms with Gasteiger partial charge < -0.3 is 15.4 Å². The van der Waals surface area contributed by atoms with Crippen molar-refractivity contribution in [2.75, 3.05) is 45.6 Å². The Morgan fingerprint density at radius 2 is 1.88 bits per heavy atom. The predicted molar refractivity (Wildman–Crippen MR) is 107 cm³/mol. The third-order valence-corrected chi connectivity index (χ3v) is 5.06. The Morgan fingerprint density at radius 3 is 2.46 bits per heavy atom. The number of benzene rings is 1. The largest absolute Gasteiger partial charge is 0.492 e. The predicted octanol–water partition coefficient (Wildman–Crippen LogP) is 1.60. The number of rotatable bonds is 11. The number of hydrogen-bond acceptors (Lipinski definition) is 4. The summed E-state index contributed by atoms with van der Waals surface area (Å²) in [7, 11) is -3.14. The molecule has 148 valence electrons. The normalized spacial score (nSPS) is 12.3. The highest BCUT2D eigenvalue weighted by molar-refractivity contribution is 7.88. The highest BCUT2D eigenvalue weighted by Gasteiger charge is 2.12. The molecule has 7 nitrogen and oxygen atoms in total. The summed E-state index contributed by atoms with van der Waals surface area (Å²) in [6, 6.07) is 7.94. The summed E-state index contributed by atoms with van der Waals surface area (Å²) in [5.74, 6) is 1.56. The molecule has 1 aromatic carbocycles. The van der Waals surface area contributed by atoms with Gasteiger partial charge in [0.1, 0.15) is 12.4 Å². The van der Waals surface area contributed by atoms with E-state index in [2.05, 4.69) is 15.6 Å². The molecule has 0 bridgehead atoms. The van der Waals surface area contributed by atoms with Crippen molar-refractivity contribution in [3.63, 3.8) is 0 Å². The summed E-state index contributed by atoms with van der Waals surface area (Å²) in [5.41, 5.74) is 1.20. The molecule has 0 unspecified atom stereocenters. The summed E-state index contributed by atoms with van der Waals surface area (Å²) in [4.78, 5) is 4.48. The van der Waals surface area contributed by atoms with Crippen LogP contribution in [-0.2, 0) is 10.0 Å². The van der Waals surface area contributed by atoms with Gasteiger partial charge in [0.15, 0.2) is 5.96 Å². The summed E-state index contributed by atoms with van der Waals surface area (Å²) in [5, 5.41) is 6.39. The van der Waals surface area contributed by atoms with E-state index in [4.69, 9.17) is 4.74 Å². The molecule has 0 atom stereocenters. The highest BCUT2D eigenvalue weighted by Crippen LogP contribution is 2.10. The van der Waals surface area contributed by atoms with E-state index in [-0.39, 0.29) is 0 Å². The highest BCUT2D eigenvalue weighted by atomic mass is 32.2. The lowest BCUT2D eigenvalue weighted by Gasteiger charge is -2.17. The smallest absolute Gasteiger partial charge is 0.211 e. The average Bonchev–Trinajstić information content (AvgIpc) is 2.58. The van der Waals surface area contributed by atoms with Crippen molar-refractivity contribution in [3.05, 3.63) is 29.8 Å². The molecular weight excluding hydrogens is 352 g/mol. The van der Waals surface area contributed by atoms with Gasteiger partial charge in [-0.05, 0) is 32.4 Å². The van der Waals surface area contributed by atoms with Crippen LogP contribution in [0.25, 0.3) is 0 Å². The Bertz CT molecular complexity index is 645. The molecule has 26 heavy (non-hydrogen) atoms. The second-order valence-corrected chi connectivity index (χ2v) is 7.94. The molecule has 8 heteroatoms. The van der Waals surface area contributed by atoms with Crippen molar-refractivity contribution in [2.45, 2.75) is 27.2 Å². The molecule has 2 N–H and O–H groups in total. The van der Waals surface area contributed by atoms with Crippen molar-refractivity contribution >= 4 is 16.0 Å². The molecule has 0 saturated carbocycles. The van der Waals surface area contributed by atoms with Crippen molar-refractivity contribution < 1.29 is 13.2 Å². The molecule has 0 fully saturated rings. The molecule has 0 aliphatic rings. The van der Waals surface area contributed by atoms with Crippen molar-refractivity contribution in [3.8, 4) is 5.75 Å². The third kappa shape index (κ3) is 9.05. The van der Waals surface area contributed by atoms with Crippen molar-refractivity contribution in [1.29, 1.82) is 0 Å². The maximum atomic E-state index is 11.6. The summed E-state index contributed by atoms with van der Waals surface area (Å²) >= 11 is 0. The lowest BCUT2D eigenvalue weighted by molar-refractivity contribution is 0.322. The van der Waals surface area contributed by atoms with E-state index >= 15 is 0 Å². The van der Waals surface area contributed by atoms with Crippen LogP contribution in [0.15, 0.2) is 29.3 Å². The minimum atomic E-state index is -3.14. The van der Waals surface area contributed by atoms with Gasteiger partial charge in [0.25, 0.3) is 0 Å². The SMILES string of the molecule is CCNC(=NCCCN(CC)S(C)(=O)=O)NCCOc1ccc(C)cc1. The molecule has 0 saturated heterocycles. The van der Waals surface area contributed by atoms with E-state index in [1.165, 1.54) is 16.1 Å². The van der Waals surface area contributed by atoms with Crippen LogP contribution in [0.3, 0.4) is 0 Å². The maximum absolute atomic E-state index is 11.6. The molecule has 0 aliphatic carbocycles. The lowest BCUT2D eigenvalue weighted by Crippen LogP contribution is -2.39. The zero-order valence-electron chi connectivity index (χ0n) is 16.3. The van der Waals surface area contributed by atoms with Gasteiger partial charge in [-0.15, -0.1) is 0 Å². The first-order valence-corrected chi connectivity index (χ1v) is 10.9. The van der Waals surface area contributed by atoms with Crippen LogP contribution in [0.4, 0.5) is 0 Å². The Kier molecular flexibility index (Phi) is 10.0. The molecule has 0 amide bonds. The van der Waals surface area contributed by atoms with Gasteiger partial charge in [-0.3, -0.25) is 4.99 Å². The minimum absolute atomic E-state index is 0.481. The molecule has 0 aromatic heterocycles. The fourth-order valence-corrected chi connectivity index (χ4v) is 3.24. The average molecular weight is 385 g/mol. The van der Waals surface area contributed by atoms with Crippen LogP contribution in [-0.4, -0.2) is 64.3 Å². The number of sulfonamides is 1. The Balaban J connectivity index is 2.35. The molecule has 1 aromatic rings. The first kappa shape index (κ1) is 22.2. The van der Waals surface area contributed by atoms with E-state index in [0.717, 1.165) is 12.3 Å². The van der Waals surface area contributed by atoms with Gasteiger partial charge in [-0.2, -0.15) is 0 Å². The summed E-state index contributed by atoms with van der Waals surface area (Å²) in [6.45, 7) is 9.32. The van der Waals surface area contributed by atoms with Crippen LogP contribution in [0.2, 0.25) is 0 Å². The molecule has 0 radical (unpaired) electrons. The fourth-order valence-electron chi connectivity index (χ4n) is 2.31. The van der Waals surface area contributed by atoms with E-state index in [9.17, 15) is 8.42 Å². The molecule has 0 aliphatic heterocycles. The quantitative estimate of drug-likeness (QED) is 0.344. The Morgan fingerprint density at radius 1 is 1.19 bits per heavy atom. The third-order valence-electron chi connectivity index (χ3n) is 3.69. The van der Waals surface area contributed by atoms with Gasteiger partial charge in [0, 0.05) is 26.2 Å². The number of guanidine groups is 1. The first-order valence-electron chi connectivity index (χ1n) is 9.03. The number of ether oxygens (including phenoxy) is 1. The number of nitrogens with zero attached hydrogens (tertiary/aromatic N) is 2. The van der Waals surface area contributed by atoms with Crippen LogP contribution in [0, 0.1) is 6.92 Å². The molecule has 0 heterocycles. The second-order valence-electron chi connectivity index (χ2n) is 5.96. The summed E-state index contributed by atoms with van der Waals surface area (Å²) in [6.07, 6.45) is 1.91. The number of aryl methyl sites for hydroxylation is 1. The summed E-state index contributed by atoms with van der Waals surface area (Å²) < 4.78 is 30.2. The van der Waals surface area contributed by atoms with Gasteiger partial charge >= 0.3 is 0 Å². The number of aliphatic imine (C=N–C) groups is 1. The maximum Gasteiger partial charge on any atom is 0.211 e. The molecular formula is C18H32N4O3S. The molecule has 0 spiro atoms. The van der Waals surface area contributed by atoms with E-state index < -0.39 is 10.0 Å². The van der Waals surface area contributed by atoms with Gasteiger partial charge in [0.2, 0.25) is 10.0 Å². The lowest BCUT2D eigenvalue weighted by atomic mass is 10.2. The molecule has 1 rings (SSSR count). The minimum Gasteiger partial charge on any atom is -0.492 e. The van der Waals surface area contributed by atoms with E-state index in [1.807, 2.05) is 45.0 Å². The van der Waals surface area contributed by atoms with Crippen LogP contribution in [0.5, 0.6) is 5.75 Å². The second kappa shape index (κ2) is 11.7. The van der Waals surface area contributed by atoms with E-state index in [1.54, 1.807) is 0 Å². The van der Waals surface area contributed by atoms with Gasteiger partial charge in [0.05, 0.1) is 12.8 Å². The standard InChI is InChI=1S/C18H32N4O3S/c1-5-19-18(20-12-7-14-22(6-2)26(4,23)24)21-13-15-25-17-10-8-16(3)9-11-17/h8-11H,5-7,12-15H2,1-4H3,(H2,19,20,21). The first-order chi connectivity index (χ1) is 12.4. The monoisotopic (exact) mass is 384 g/mol.